The zero-order valence-electron chi connectivity index (χ0n) is 9.97. The Morgan fingerprint density at radius 2 is 2.17 bits per heavy atom. The summed E-state index contributed by atoms with van der Waals surface area (Å²) in [5.74, 6) is -0.744. The summed E-state index contributed by atoms with van der Waals surface area (Å²) in [5.41, 5.74) is 1.75. The van der Waals surface area contributed by atoms with Gasteiger partial charge < -0.3 is 9.67 Å². The summed E-state index contributed by atoms with van der Waals surface area (Å²) < 4.78 is 2.10. The van der Waals surface area contributed by atoms with E-state index in [1.807, 2.05) is 24.4 Å². The van der Waals surface area contributed by atoms with Crippen molar-refractivity contribution in [2.24, 2.45) is 0 Å². The Bertz CT molecular complexity index is 608. The molecule has 1 N–H and O–H groups in total. The number of carbonyl (C=O) groups is 1. The van der Waals surface area contributed by atoms with Crippen LogP contribution in [-0.4, -0.2) is 15.6 Å². The van der Waals surface area contributed by atoms with Crippen molar-refractivity contribution in [3.63, 3.8) is 0 Å². The van der Waals surface area contributed by atoms with E-state index in [0.29, 0.717) is 12.0 Å². The fraction of sp³-hybridized carbons (Fsp3) is 0.286. The molecule has 0 saturated carbocycles. The number of carboxylic acids is 1. The Morgan fingerprint density at radius 1 is 1.33 bits per heavy atom. The minimum Gasteiger partial charge on any atom is -0.481 e. The highest BCUT2D eigenvalue weighted by Gasteiger charge is 2.02. The van der Waals surface area contributed by atoms with Crippen molar-refractivity contribution in [1.82, 2.24) is 4.57 Å². The molecule has 2 rings (SSSR count). The van der Waals surface area contributed by atoms with E-state index in [1.165, 1.54) is 0 Å². The van der Waals surface area contributed by atoms with Gasteiger partial charge in [-0.05, 0) is 37.1 Å². The fourth-order valence-electron chi connectivity index (χ4n) is 2.02. The Balaban J connectivity index is 2.06. The Hall–Kier alpha value is -2.28. The lowest BCUT2D eigenvalue weighted by atomic mass is 10.2. The molecule has 0 saturated heterocycles. The second kappa shape index (κ2) is 5.37. The van der Waals surface area contributed by atoms with Crippen molar-refractivity contribution in [2.75, 3.05) is 0 Å². The second-order valence-electron chi connectivity index (χ2n) is 4.25. The van der Waals surface area contributed by atoms with Crippen molar-refractivity contribution in [3.8, 4) is 6.07 Å². The molecule has 0 aliphatic rings. The van der Waals surface area contributed by atoms with Gasteiger partial charge in [0.15, 0.2) is 0 Å². The number of rotatable bonds is 5. The molecular weight excluding hydrogens is 228 g/mol. The van der Waals surface area contributed by atoms with Crippen LogP contribution in [0.3, 0.4) is 0 Å². The number of hydrogen-bond acceptors (Lipinski definition) is 2. The van der Waals surface area contributed by atoms with E-state index in [4.69, 9.17) is 10.4 Å². The van der Waals surface area contributed by atoms with Crippen molar-refractivity contribution in [3.05, 3.63) is 36.0 Å². The third-order valence-electron chi connectivity index (χ3n) is 2.94. The van der Waals surface area contributed by atoms with E-state index in [9.17, 15) is 4.79 Å². The SMILES string of the molecule is N#Cc1ccc2c(ccn2CCCCC(=O)O)c1. The molecule has 0 aliphatic carbocycles. The maximum atomic E-state index is 10.4. The second-order valence-corrected chi connectivity index (χ2v) is 4.25. The number of carboxylic acid groups (broad SMARTS) is 1. The van der Waals surface area contributed by atoms with Crippen LogP contribution >= 0.6 is 0 Å². The molecule has 2 aromatic rings. The van der Waals surface area contributed by atoms with Crippen molar-refractivity contribution in [1.29, 1.82) is 5.26 Å². The lowest BCUT2D eigenvalue weighted by Gasteiger charge is -2.04. The molecule has 4 heteroatoms. The Morgan fingerprint density at radius 3 is 2.89 bits per heavy atom. The van der Waals surface area contributed by atoms with Crippen LogP contribution in [0.15, 0.2) is 30.5 Å². The van der Waals surface area contributed by atoms with Crippen LogP contribution in [0.25, 0.3) is 10.9 Å². The molecule has 1 aromatic carbocycles. The van der Waals surface area contributed by atoms with E-state index >= 15 is 0 Å². The van der Waals surface area contributed by atoms with Gasteiger partial charge in [-0.15, -0.1) is 0 Å². The Labute approximate surface area is 105 Å². The monoisotopic (exact) mass is 242 g/mol. The summed E-state index contributed by atoms with van der Waals surface area (Å²) in [5, 5.41) is 18.4. The fourth-order valence-corrected chi connectivity index (χ4v) is 2.02. The van der Waals surface area contributed by atoms with Crippen LogP contribution < -0.4 is 0 Å². The van der Waals surface area contributed by atoms with Gasteiger partial charge >= 0.3 is 5.97 Å². The van der Waals surface area contributed by atoms with Gasteiger partial charge in [-0.25, -0.2) is 0 Å². The number of aromatic nitrogens is 1. The van der Waals surface area contributed by atoms with Gasteiger partial charge in [-0.2, -0.15) is 5.26 Å². The van der Waals surface area contributed by atoms with Crippen molar-refractivity contribution >= 4 is 16.9 Å². The van der Waals surface area contributed by atoms with Gasteiger partial charge in [0.25, 0.3) is 0 Å². The summed E-state index contributed by atoms with van der Waals surface area (Å²) in [6, 6.07) is 9.70. The van der Waals surface area contributed by atoms with Gasteiger partial charge in [0.2, 0.25) is 0 Å². The minimum absolute atomic E-state index is 0.220. The van der Waals surface area contributed by atoms with E-state index in [-0.39, 0.29) is 6.42 Å². The number of benzene rings is 1. The standard InChI is InChI=1S/C14H14N2O2/c15-10-11-4-5-13-12(9-11)6-8-16(13)7-2-1-3-14(17)18/h4-6,8-9H,1-3,7H2,(H,17,18). The average molecular weight is 242 g/mol. The number of nitrogens with zero attached hydrogens (tertiary/aromatic N) is 2. The van der Waals surface area contributed by atoms with Gasteiger partial charge in [0.05, 0.1) is 11.6 Å². The molecule has 1 heterocycles. The highest BCUT2D eigenvalue weighted by molar-refractivity contribution is 5.81. The third-order valence-corrected chi connectivity index (χ3v) is 2.94. The van der Waals surface area contributed by atoms with E-state index < -0.39 is 5.97 Å². The summed E-state index contributed by atoms with van der Waals surface area (Å²) in [4.78, 5) is 10.4. The summed E-state index contributed by atoms with van der Waals surface area (Å²) in [7, 11) is 0. The molecular formula is C14H14N2O2. The van der Waals surface area contributed by atoms with E-state index in [0.717, 1.165) is 23.9 Å². The van der Waals surface area contributed by atoms with Crippen LogP contribution in [0, 0.1) is 11.3 Å². The molecule has 0 amide bonds. The Kier molecular flexibility index (Phi) is 3.63. The maximum absolute atomic E-state index is 10.4. The molecule has 18 heavy (non-hydrogen) atoms. The number of aryl methyl sites for hydroxylation is 1. The van der Waals surface area contributed by atoms with Crippen LogP contribution in [0.4, 0.5) is 0 Å². The van der Waals surface area contributed by atoms with Gasteiger partial charge in [-0.3, -0.25) is 4.79 Å². The normalized spacial score (nSPS) is 10.4. The first-order valence-corrected chi connectivity index (χ1v) is 5.91. The van der Waals surface area contributed by atoms with Crippen LogP contribution in [0.1, 0.15) is 24.8 Å². The molecule has 1 aromatic heterocycles. The quantitative estimate of drug-likeness (QED) is 0.820. The first kappa shape index (κ1) is 12.2. The zero-order chi connectivity index (χ0) is 13.0. The smallest absolute Gasteiger partial charge is 0.303 e. The number of hydrogen-bond donors (Lipinski definition) is 1. The van der Waals surface area contributed by atoms with Gasteiger partial charge in [0.1, 0.15) is 0 Å². The lowest BCUT2D eigenvalue weighted by molar-refractivity contribution is -0.137. The molecule has 0 fully saturated rings. The number of unbranched alkanes of at least 4 members (excludes halogenated alkanes) is 1. The van der Waals surface area contributed by atoms with Crippen LogP contribution in [0.5, 0.6) is 0 Å². The topological polar surface area (TPSA) is 66.0 Å². The summed E-state index contributed by atoms with van der Waals surface area (Å²) in [6.45, 7) is 0.808. The highest BCUT2D eigenvalue weighted by Crippen LogP contribution is 2.18. The lowest BCUT2D eigenvalue weighted by Crippen LogP contribution is -1.99. The van der Waals surface area contributed by atoms with Crippen molar-refractivity contribution < 1.29 is 9.90 Å². The van der Waals surface area contributed by atoms with Gasteiger partial charge in [-0.1, -0.05) is 0 Å². The number of nitriles is 1. The molecule has 0 atom stereocenters. The number of aliphatic carboxylic acids is 1. The molecule has 0 bridgehead atoms. The first-order valence-electron chi connectivity index (χ1n) is 5.91. The molecule has 4 nitrogen and oxygen atoms in total. The third kappa shape index (κ3) is 2.69. The first-order chi connectivity index (χ1) is 8.70. The summed E-state index contributed by atoms with van der Waals surface area (Å²) in [6.07, 6.45) is 3.73. The molecule has 0 spiro atoms. The van der Waals surface area contributed by atoms with Crippen LogP contribution in [-0.2, 0) is 11.3 Å². The molecule has 0 aliphatic heterocycles. The predicted octanol–water partition coefficient (Wildman–Crippen LogP) is 2.77. The van der Waals surface area contributed by atoms with Crippen LogP contribution in [0.2, 0.25) is 0 Å². The summed E-state index contributed by atoms with van der Waals surface area (Å²) >= 11 is 0. The van der Waals surface area contributed by atoms with E-state index in [2.05, 4.69) is 10.6 Å². The minimum atomic E-state index is -0.744. The molecule has 0 unspecified atom stereocenters. The zero-order valence-corrected chi connectivity index (χ0v) is 9.97. The van der Waals surface area contributed by atoms with Crippen molar-refractivity contribution in [2.45, 2.75) is 25.8 Å². The average Bonchev–Trinajstić information content (AvgIpc) is 2.76. The predicted molar refractivity (Wildman–Crippen MR) is 68.1 cm³/mol. The molecule has 92 valence electrons. The number of fused-ring (bicyclic) bond motifs is 1. The highest BCUT2D eigenvalue weighted by atomic mass is 16.4. The van der Waals surface area contributed by atoms with E-state index in [1.54, 1.807) is 6.07 Å². The van der Waals surface area contributed by atoms with Gasteiger partial charge in [0, 0.05) is 30.1 Å². The largest absolute Gasteiger partial charge is 0.481 e. The molecule has 0 radical (unpaired) electrons. The maximum Gasteiger partial charge on any atom is 0.303 e.